The first-order chi connectivity index (χ1) is 11.1. The summed E-state index contributed by atoms with van der Waals surface area (Å²) in [6.45, 7) is 0. The molecule has 0 spiro atoms. The molecule has 2 aromatic rings. The maximum absolute atomic E-state index is 12.2. The van der Waals surface area contributed by atoms with Crippen LogP contribution in [-0.4, -0.2) is 25.2 Å². The number of carbonyl (C=O) groups excluding carboxylic acids is 1. The lowest BCUT2D eigenvalue weighted by Gasteiger charge is -2.09. The van der Waals surface area contributed by atoms with E-state index >= 15 is 0 Å². The van der Waals surface area contributed by atoms with Gasteiger partial charge in [-0.15, -0.1) is 0 Å². The molecule has 0 aliphatic heterocycles. The van der Waals surface area contributed by atoms with Gasteiger partial charge in [0.1, 0.15) is 0 Å². The third-order valence-corrected chi connectivity index (χ3v) is 5.65. The van der Waals surface area contributed by atoms with E-state index in [1.54, 1.807) is 18.2 Å². The van der Waals surface area contributed by atoms with Crippen molar-refractivity contribution < 1.29 is 17.7 Å². The smallest absolute Gasteiger partial charge is 0.234 e. The molecule has 1 N–H and O–H groups in total. The summed E-state index contributed by atoms with van der Waals surface area (Å²) in [4.78, 5) is 12.2. The van der Waals surface area contributed by atoms with Gasteiger partial charge >= 0.3 is 0 Å². The van der Waals surface area contributed by atoms with Crippen molar-refractivity contribution in [2.45, 2.75) is 37.0 Å². The molecular formula is C16H18N2O4S. The van der Waals surface area contributed by atoms with Crippen molar-refractivity contribution in [3.8, 4) is 0 Å². The van der Waals surface area contributed by atoms with Gasteiger partial charge < -0.3 is 4.52 Å². The molecule has 1 heterocycles. The van der Waals surface area contributed by atoms with Crippen LogP contribution in [0.2, 0.25) is 0 Å². The van der Waals surface area contributed by atoms with Gasteiger partial charge in [0.05, 0.1) is 16.3 Å². The van der Waals surface area contributed by atoms with E-state index in [1.807, 2.05) is 0 Å². The molecule has 0 saturated heterocycles. The Morgan fingerprint density at radius 2 is 1.91 bits per heavy atom. The van der Waals surface area contributed by atoms with Crippen LogP contribution in [0.25, 0.3) is 0 Å². The number of anilines is 1. The average molecular weight is 334 g/mol. The van der Waals surface area contributed by atoms with Gasteiger partial charge in [0.15, 0.2) is 9.84 Å². The molecule has 1 aromatic carbocycles. The first-order valence-electron chi connectivity index (χ1n) is 7.61. The van der Waals surface area contributed by atoms with E-state index < -0.39 is 9.84 Å². The summed E-state index contributed by atoms with van der Waals surface area (Å²) < 4.78 is 29.5. The molecular weight excluding hydrogens is 316 g/mol. The summed E-state index contributed by atoms with van der Waals surface area (Å²) in [7, 11) is -3.46. The van der Waals surface area contributed by atoms with E-state index in [2.05, 4.69) is 10.5 Å². The first kappa shape index (κ1) is 15.7. The number of nitrogens with one attached hydrogen (secondary N) is 1. The second kappa shape index (κ2) is 6.54. The second-order valence-corrected chi connectivity index (χ2v) is 7.68. The number of nitrogens with zero attached hydrogens (tertiary/aromatic N) is 1. The Morgan fingerprint density at radius 1 is 1.17 bits per heavy atom. The SMILES string of the molecule is O=C(CCS(=O)(=O)c1ccccc1)Nc1onc2c1CCCC2. The first-order valence-corrected chi connectivity index (χ1v) is 9.26. The van der Waals surface area contributed by atoms with E-state index in [-0.39, 0.29) is 23.0 Å². The third kappa shape index (κ3) is 3.61. The molecule has 6 nitrogen and oxygen atoms in total. The predicted molar refractivity (Wildman–Crippen MR) is 84.9 cm³/mol. The van der Waals surface area contributed by atoms with Gasteiger partial charge in [-0.05, 0) is 37.8 Å². The van der Waals surface area contributed by atoms with Gasteiger partial charge in [0.25, 0.3) is 0 Å². The Hall–Kier alpha value is -2.15. The average Bonchev–Trinajstić information content (AvgIpc) is 2.97. The summed E-state index contributed by atoms with van der Waals surface area (Å²) in [5.41, 5.74) is 1.83. The number of aryl methyl sites for hydroxylation is 1. The Labute approximate surface area is 134 Å². The molecule has 0 atom stereocenters. The largest absolute Gasteiger partial charge is 0.338 e. The van der Waals surface area contributed by atoms with Crippen LogP contribution in [0.3, 0.4) is 0 Å². The van der Waals surface area contributed by atoms with E-state index in [4.69, 9.17) is 4.52 Å². The molecule has 0 bridgehead atoms. The maximum Gasteiger partial charge on any atom is 0.234 e. The Kier molecular flexibility index (Phi) is 4.47. The fourth-order valence-corrected chi connectivity index (χ4v) is 3.91. The molecule has 0 radical (unpaired) electrons. The van der Waals surface area contributed by atoms with Crippen LogP contribution in [0.1, 0.15) is 30.5 Å². The number of carbonyl (C=O) groups is 1. The van der Waals surface area contributed by atoms with Crippen LogP contribution in [0.15, 0.2) is 39.8 Å². The Bertz CT molecular complexity index is 797. The van der Waals surface area contributed by atoms with Crippen LogP contribution < -0.4 is 5.32 Å². The molecule has 0 unspecified atom stereocenters. The van der Waals surface area contributed by atoms with E-state index in [0.29, 0.717) is 5.88 Å². The minimum Gasteiger partial charge on any atom is -0.338 e. The zero-order chi connectivity index (χ0) is 16.3. The van der Waals surface area contributed by atoms with Crippen LogP contribution in [0, 0.1) is 0 Å². The summed E-state index contributed by atoms with van der Waals surface area (Å²) in [6, 6.07) is 8.13. The zero-order valence-corrected chi connectivity index (χ0v) is 13.4. The lowest BCUT2D eigenvalue weighted by Crippen LogP contribution is -2.18. The summed E-state index contributed by atoms with van der Waals surface area (Å²) >= 11 is 0. The highest BCUT2D eigenvalue weighted by Gasteiger charge is 2.22. The fraction of sp³-hybridized carbons (Fsp3) is 0.375. The van der Waals surface area contributed by atoms with Crippen LogP contribution in [0.5, 0.6) is 0 Å². The Balaban J connectivity index is 1.61. The number of rotatable bonds is 5. The van der Waals surface area contributed by atoms with Gasteiger partial charge in [0.2, 0.25) is 11.8 Å². The highest BCUT2D eigenvalue weighted by Crippen LogP contribution is 2.27. The van der Waals surface area contributed by atoms with Crippen LogP contribution in [0.4, 0.5) is 5.88 Å². The molecule has 3 rings (SSSR count). The molecule has 0 saturated carbocycles. The summed E-state index contributed by atoms with van der Waals surface area (Å²) in [5.74, 6) is -0.255. The van der Waals surface area contributed by atoms with Crippen molar-refractivity contribution >= 4 is 21.6 Å². The fourth-order valence-electron chi connectivity index (χ4n) is 2.65. The number of fused-ring (bicyclic) bond motifs is 1. The van der Waals surface area contributed by atoms with Crippen LogP contribution in [-0.2, 0) is 27.5 Å². The molecule has 0 fully saturated rings. The number of hydrogen-bond donors (Lipinski definition) is 1. The standard InChI is InChI=1S/C16H18N2O4S/c19-15(10-11-23(20,21)12-6-2-1-3-7-12)17-16-13-8-4-5-9-14(13)18-22-16/h1-3,6-7H,4-5,8-11H2,(H,17,19). The second-order valence-electron chi connectivity index (χ2n) is 5.57. The number of aromatic nitrogens is 1. The lowest BCUT2D eigenvalue weighted by molar-refractivity contribution is -0.115. The summed E-state index contributed by atoms with van der Waals surface area (Å²) in [5, 5.41) is 6.60. The van der Waals surface area contributed by atoms with E-state index in [1.165, 1.54) is 12.1 Å². The number of benzene rings is 1. The lowest BCUT2D eigenvalue weighted by atomic mass is 9.98. The van der Waals surface area contributed by atoms with E-state index in [9.17, 15) is 13.2 Å². The summed E-state index contributed by atoms with van der Waals surface area (Å²) in [6.07, 6.45) is 3.68. The van der Waals surface area contributed by atoms with Crippen molar-refractivity contribution in [2.75, 3.05) is 11.1 Å². The molecule has 1 amide bonds. The minimum atomic E-state index is -3.46. The molecule has 1 aliphatic carbocycles. The van der Waals surface area contributed by atoms with Gasteiger partial charge in [0, 0.05) is 12.0 Å². The molecule has 1 aliphatic rings. The highest BCUT2D eigenvalue weighted by atomic mass is 32.2. The predicted octanol–water partition coefficient (Wildman–Crippen LogP) is 2.36. The van der Waals surface area contributed by atoms with Crippen molar-refractivity contribution in [1.82, 2.24) is 5.16 Å². The van der Waals surface area contributed by atoms with Gasteiger partial charge in [-0.3, -0.25) is 10.1 Å². The van der Waals surface area contributed by atoms with Gasteiger partial charge in [-0.2, -0.15) is 0 Å². The van der Waals surface area contributed by atoms with Crippen molar-refractivity contribution in [3.05, 3.63) is 41.6 Å². The topological polar surface area (TPSA) is 89.3 Å². The van der Waals surface area contributed by atoms with Crippen molar-refractivity contribution in [2.24, 2.45) is 0 Å². The number of sulfone groups is 1. The van der Waals surface area contributed by atoms with Gasteiger partial charge in [-0.25, -0.2) is 8.42 Å². The number of amides is 1. The molecule has 23 heavy (non-hydrogen) atoms. The quantitative estimate of drug-likeness (QED) is 0.906. The molecule has 7 heteroatoms. The maximum atomic E-state index is 12.2. The van der Waals surface area contributed by atoms with Crippen molar-refractivity contribution in [1.29, 1.82) is 0 Å². The monoisotopic (exact) mass is 334 g/mol. The van der Waals surface area contributed by atoms with Gasteiger partial charge in [-0.1, -0.05) is 23.4 Å². The zero-order valence-electron chi connectivity index (χ0n) is 12.6. The minimum absolute atomic E-state index is 0.118. The van der Waals surface area contributed by atoms with Crippen molar-refractivity contribution in [3.63, 3.8) is 0 Å². The third-order valence-electron chi connectivity index (χ3n) is 3.91. The molecule has 122 valence electrons. The Morgan fingerprint density at radius 3 is 2.70 bits per heavy atom. The normalized spacial score (nSPS) is 14.3. The molecule has 1 aromatic heterocycles. The highest BCUT2D eigenvalue weighted by molar-refractivity contribution is 7.91. The number of hydrogen-bond acceptors (Lipinski definition) is 5. The van der Waals surface area contributed by atoms with Crippen LogP contribution >= 0.6 is 0 Å². The van der Waals surface area contributed by atoms with E-state index in [0.717, 1.165) is 36.9 Å².